The van der Waals surface area contributed by atoms with E-state index in [0.29, 0.717) is 41.6 Å². The highest BCUT2D eigenvalue weighted by Crippen LogP contribution is 2.38. The molecule has 6 N–H and O–H groups in total. The highest BCUT2D eigenvalue weighted by Gasteiger charge is 2.46. The van der Waals surface area contributed by atoms with Crippen molar-refractivity contribution in [1.82, 2.24) is 20.9 Å². The molecule has 0 saturated heterocycles. The fourth-order valence-corrected chi connectivity index (χ4v) is 6.52. The average molecular weight is 658 g/mol. The molecule has 12 heteroatoms. The molecule has 2 aliphatic carbocycles. The van der Waals surface area contributed by atoms with Crippen molar-refractivity contribution in [1.29, 1.82) is 0 Å². The molecular formula is C33H38ClF2N5O3S. The van der Waals surface area contributed by atoms with Crippen LogP contribution in [-0.4, -0.2) is 45.3 Å². The van der Waals surface area contributed by atoms with Crippen molar-refractivity contribution in [2.24, 2.45) is 17.6 Å². The summed E-state index contributed by atoms with van der Waals surface area (Å²) in [6, 6.07) is 6.98. The Hall–Kier alpha value is -3.57. The first-order valence-electron chi connectivity index (χ1n) is 15.3. The van der Waals surface area contributed by atoms with Crippen LogP contribution in [-0.2, 0) is 33.6 Å². The van der Waals surface area contributed by atoms with Gasteiger partial charge in [0.1, 0.15) is 23.2 Å². The van der Waals surface area contributed by atoms with Crippen LogP contribution in [0.4, 0.5) is 8.78 Å². The second-order valence-corrected chi connectivity index (χ2v) is 13.3. The second kappa shape index (κ2) is 13.4. The molecular weight excluding hydrogens is 620 g/mol. The zero-order valence-electron chi connectivity index (χ0n) is 25.3. The normalized spacial score (nSPS) is 19.7. The van der Waals surface area contributed by atoms with Crippen molar-refractivity contribution in [3.8, 4) is 0 Å². The Morgan fingerprint density at radius 3 is 2.58 bits per heavy atom. The molecule has 3 amide bonds. The van der Waals surface area contributed by atoms with Crippen molar-refractivity contribution in [2.45, 2.75) is 82.8 Å². The van der Waals surface area contributed by atoms with E-state index < -0.39 is 47.0 Å². The van der Waals surface area contributed by atoms with Gasteiger partial charge in [0.05, 0.1) is 28.0 Å². The lowest BCUT2D eigenvalue weighted by Crippen LogP contribution is -2.66. The summed E-state index contributed by atoms with van der Waals surface area (Å²) in [7, 11) is 0. The molecule has 4 atom stereocenters. The van der Waals surface area contributed by atoms with E-state index >= 15 is 0 Å². The number of halogens is 3. The maximum Gasteiger partial charge on any atom is 0.246 e. The Kier molecular flexibility index (Phi) is 9.79. The van der Waals surface area contributed by atoms with Crippen LogP contribution in [0.2, 0.25) is 5.02 Å². The third kappa shape index (κ3) is 7.30. The predicted molar refractivity (Wildman–Crippen MR) is 174 cm³/mol. The Morgan fingerprint density at radius 1 is 1.18 bits per heavy atom. The van der Waals surface area contributed by atoms with Gasteiger partial charge in [-0.1, -0.05) is 75.1 Å². The van der Waals surface area contributed by atoms with Gasteiger partial charge in [0.25, 0.3) is 0 Å². The van der Waals surface area contributed by atoms with Crippen LogP contribution in [0.3, 0.4) is 0 Å². The number of thiocarbonyl (C=S) groups is 1. The van der Waals surface area contributed by atoms with Crippen LogP contribution in [0.25, 0.3) is 10.9 Å². The first-order valence-corrected chi connectivity index (χ1v) is 16.1. The number of hydrogen-bond donors (Lipinski definition) is 5. The molecule has 0 spiro atoms. The fourth-order valence-electron chi connectivity index (χ4n) is 6.11. The predicted octanol–water partition coefficient (Wildman–Crippen LogP) is 4.79. The number of nitrogens with two attached hydrogens (primary N) is 1. The number of nitrogens with one attached hydrogen (secondary N) is 4. The van der Waals surface area contributed by atoms with E-state index in [9.17, 15) is 23.2 Å². The first kappa shape index (κ1) is 32.8. The monoisotopic (exact) mass is 657 g/mol. The zero-order chi connectivity index (χ0) is 32.5. The SMILES string of the molecule is CCC(C)[C@H](NC(=O)Cc1ccccc1F)C(=O)N[C@]1(C(=O)N[C@@H](CC2CC2)C(N)=S)CCc2[nH]c3c(Cl)cc(F)cc3c2C1. The quantitative estimate of drug-likeness (QED) is 0.179. The lowest BCUT2D eigenvalue weighted by Gasteiger charge is -2.39. The van der Waals surface area contributed by atoms with Crippen molar-refractivity contribution >= 4 is 57.4 Å². The van der Waals surface area contributed by atoms with Crippen LogP contribution in [0.1, 0.15) is 62.8 Å². The van der Waals surface area contributed by atoms with Gasteiger partial charge < -0.3 is 26.7 Å². The number of H-pyrrole nitrogens is 1. The van der Waals surface area contributed by atoms with Crippen LogP contribution in [0.15, 0.2) is 36.4 Å². The van der Waals surface area contributed by atoms with Crippen molar-refractivity contribution < 1.29 is 23.2 Å². The Balaban J connectivity index is 1.46. The number of aromatic nitrogens is 1. The second-order valence-electron chi connectivity index (χ2n) is 12.4. The number of carbonyl (C=O) groups is 3. The Bertz CT molecular complexity index is 1640. The summed E-state index contributed by atoms with van der Waals surface area (Å²) < 4.78 is 28.8. The summed E-state index contributed by atoms with van der Waals surface area (Å²) in [6.07, 6.45) is 3.59. The van der Waals surface area contributed by atoms with Crippen molar-refractivity contribution in [3.63, 3.8) is 0 Å². The van der Waals surface area contributed by atoms with Gasteiger partial charge in [0, 0.05) is 17.5 Å². The lowest BCUT2D eigenvalue weighted by atomic mass is 9.78. The Morgan fingerprint density at radius 2 is 1.91 bits per heavy atom. The van der Waals surface area contributed by atoms with Gasteiger partial charge in [-0.3, -0.25) is 14.4 Å². The molecule has 1 heterocycles. The molecule has 0 bridgehead atoms. The summed E-state index contributed by atoms with van der Waals surface area (Å²) in [5.74, 6) is -2.47. The fraction of sp³-hybridized carbons (Fsp3) is 0.455. The molecule has 1 fully saturated rings. The van der Waals surface area contributed by atoms with Crippen molar-refractivity contribution in [2.75, 3.05) is 0 Å². The maximum atomic E-state index is 14.5. The van der Waals surface area contributed by atoms with Gasteiger partial charge in [-0.25, -0.2) is 8.78 Å². The number of aryl methyl sites for hydroxylation is 1. The number of benzene rings is 2. The van der Waals surface area contributed by atoms with Crippen LogP contribution < -0.4 is 21.7 Å². The number of amides is 3. The average Bonchev–Trinajstić information content (AvgIpc) is 3.75. The van der Waals surface area contributed by atoms with Gasteiger partial charge in [-0.2, -0.15) is 0 Å². The van der Waals surface area contributed by atoms with Gasteiger partial charge >= 0.3 is 0 Å². The molecule has 240 valence electrons. The van der Waals surface area contributed by atoms with Gasteiger partial charge in [0.2, 0.25) is 17.7 Å². The minimum atomic E-state index is -1.47. The summed E-state index contributed by atoms with van der Waals surface area (Å²) in [5, 5.41) is 9.52. The van der Waals surface area contributed by atoms with Gasteiger partial charge in [-0.05, 0) is 60.4 Å². The van der Waals surface area contributed by atoms with Crippen molar-refractivity contribution in [3.05, 3.63) is 69.9 Å². The van der Waals surface area contributed by atoms with E-state index in [1.165, 1.54) is 30.3 Å². The summed E-state index contributed by atoms with van der Waals surface area (Å²) in [6.45, 7) is 3.71. The largest absolute Gasteiger partial charge is 0.392 e. The van der Waals surface area contributed by atoms with E-state index in [0.717, 1.165) is 18.5 Å². The van der Waals surface area contributed by atoms with E-state index in [4.69, 9.17) is 29.6 Å². The van der Waals surface area contributed by atoms with Crippen LogP contribution >= 0.6 is 23.8 Å². The molecule has 1 unspecified atom stereocenters. The maximum absolute atomic E-state index is 14.5. The minimum absolute atomic E-state index is 0.0452. The van der Waals surface area contributed by atoms with Crippen LogP contribution in [0.5, 0.6) is 0 Å². The van der Waals surface area contributed by atoms with E-state index in [1.54, 1.807) is 6.07 Å². The minimum Gasteiger partial charge on any atom is -0.392 e. The number of carbonyl (C=O) groups excluding carboxylic acids is 3. The molecule has 0 radical (unpaired) electrons. The molecule has 5 rings (SSSR count). The van der Waals surface area contributed by atoms with E-state index in [2.05, 4.69) is 20.9 Å². The lowest BCUT2D eigenvalue weighted by molar-refractivity contribution is -0.137. The third-order valence-electron chi connectivity index (χ3n) is 9.13. The molecule has 8 nitrogen and oxygen atoms in total. The molecule has 0 aliphatic heterocycles. The standard InChI is InChI=1S/C33H38ClF2N5O3S/c1-3-17(2)28(40-27(42)13-19-6-4-5-7-24(19)36)31(43)41-33(32(44)39-26(30(37)45)12-18-8-9-18)11-10-25-22(16-33)21-14-20(35)15-23(34)29(21)38-25/h4-7,14-15,17-18,26,28,38H,3,8-13,16H2,1-2H3,(H2,37,45)(H,39,44)(H,40,42)(H,41,43)/t17?,26-,28-,33+/m0/s1. The molecule has 2 aromatic carbocycles. The van der Waals surface area contributed by atoms with Crippen LogP contribution in [0, 0.1) is 23.5 Å². The van der Waals surface area contributed by atoms with Gasteiger partial charge in [-0.15, -0.1) is 0 Å². The number of hydrogen-bond acceptors (Lipinski definition) is 4. The molecule has 2 aliphatic rings. The summed E-state index contributed by atoms with van der Waals surface area (Å²) >= 11 is 11.6. The van der Waals surface area contributed by atoms with E-state index in [1.807, 2.05) is 13.8 Å². The number of aromatic amines is 1. The number of fused-ring (bicyclic) bond motifs is 3. The summed E-state index contributed by atoms with van der Waals surface area (Å²) in [4.78, 5) is 44.8. The van der Waals surface area contributed by atoms with Gasteiger partial charge in [0.15, 0.2) is 0 Å². The molecule has 1 aromatic heterocycles. The molecule has 1 saturated carbocycles. The third-order valence-corrected chi connectivity index (χ3v) is 9.72. The van der Waals surface area contributed by atoms with E-state index in [-0.39, 0.29) is 40.8 Å². The number of rotatable bonds is 12. The topological polar surface area (TPSA) is 129 Å². The Labute approximate surface area is 271 Å². The first-order chi connectivity index (χ1) is 21.4. The zero-order valence-corrected chi connectivity index (χ0v) is 26.8. The smallest absolute Gasteiger partial charge is 0.246 e. The molecule has 45 heavy (non-hydrogen) atoms. The highest BCUT2D eigenvalue weighted by atomic mass is 35.5. The molecule has 3 aromatic rings. The summed E-state index contributed by atoms with van der Waals surface area (Å²) in [5.41, 5.74) is 6.80. The highest BCUT2D eigenvalue weighted by molar-refractivity contribution is 7.80.